The van der Waals surface area contributed by atoms with Crippen LogP contribution in [-0.4, -0.2) is 37.0 Å². The predicted molar refractivity (Wildman–Crippen MR) is 92.9 cm³/mol. The SMILES string of the molecule is NCC1(CC(=O)N2CCNCC2c2cccc(F)c2)CCCCC1. The summed E-state index contributed by atoms with van der Waals surface area (Å²) in [6, 6.07) is 6.50. The maximum atomic E-state index is 13.6. The summed E-state index contributed by atoms with van der Waals surface area (Å²) in [6.07, 6.45) is 6.20. The molecule has 5 heteroatoms. The fraction of sp³-hybridized carbons (Fsp3) is 0.632. The van der Waals surface area contributed by atoms with E-state index in [1.54, 1.807) is 6.07 Å². The Kier molecular flexibility index (Phi) is 5.51. The summed E-state index contributed by atoms with van der Waals surface area (Å²) in [5.74, 6) is -0.0886. The molecule has 0 radical (unpaired) electrons. The molecule has 1 unspecified atom stereocenters. The van der Waals surface area contributed by atoms with Crippen molar-refractivity contribution in [1.29, 1.82) is 0 Å². The molecular weight excluding hydrogens is 305 g/mol. The number of nitrogens with two attached hydrogens (primary N) is 1. The molecule has 24 heavy (non-hydrogen) atoms. The van der Waals surface area contributed by atoms with Crippen molar-refractivity contribution in [3.8, 4) is 0 Å². The molecule has 1 atom stereocenters. The highest BCUT2D eigenvalue weighted by Gasteiger charge is 2.36. The van der Waals surface area contributed by atoms with Gasteiger partial charge in [-0.05, 0) is 42.5 Å². The molecule has 1 saturated carbocycles. The van der Waals surface area contributed by atoms with Crippen LogP contribution in [0.25, 0.3) is 0 Å². The number of nitrogens with one attached hydrogen (secondary N) is 1. The fourth-order valence-electron chi connectivity index (χ4n) is 4.19. The summed E-state index contributed by atoms with van der Waals surface area (Å²) >= 11 is 0. The van der Waals surface area contributed by atoms with Crippen LogP contribution in [0, 0.1) is 11.2 Å². The van der Waals surface area contributed by atoms with Gasteiger partial charge in [-0.2, -0.15) is 0 Å². The average Bonchev–Trinajstić information content (AvgIpc) is 2.62. The smallest absolute Gasteiger partial charge is 0.223 e. The van der Waals surface area contributed by atoms with Crippen molar-refractivity contribution in [2.45, 2.75) is 44.6 Å². The van der Waals surface area contributed by atoms with Crippen LogP contribution < -0.4 is 11.1 Å². The summed E-state index contributed by atoms with van der Waals surface area (Å²) in [7, 11) is 0. The lowest BCUT2D eigenvalue weighted by Gasteiger charge is -2.41. The van der Waals surface area contributed by atoms with E-state index >= 15 is 0 Å². The second-order valence-electron chi connectivity index (χ2n) is 7.30. The molecule has 4 nitrogen and oxygen atoms in total. The normalized spacial score (nSPS) is 23.9. The molecule has 3 N–H and O–H groups in total. The molecule has 1 aromatic carbocycles. The quantitative estimate of drug-likeness (QED) is 0.890. The molecule has 1 amide bonds. The second-order valence-corrected chi connectivity index (χ2v) is 7.30. The Labute approximate surface area is 143 Å². The monoisotopic (exact) mass is 333 g/mol. The number of hydrogen-bond acceptors (Lipinski definition) is 3. The van der Waals surface area contributed by atoms with Crippen LogP contribution in [0.3, 0.4) is 0 Å². The first-order chi connectivity index (χ1) is 11.6. The zero-order valence-corrected chi connectivity index (χ0v) is 14.3. The van der Waals surface area contributed by atoms with E-state index in [4.69, 9.17) is 5.73 Å². The van der Waals surface area contributed by atoms with Crippen molar-refractivity contribution >= 4 is 5.91 Å². The number of benzene rings is 1. The number of halogens is 1. The van der Waals surface area contributed by atoms with Crippen LogP contribution in [0.15, 0.2) is 24.3 Å². The third-order valence-corrected chi connectivity index (χ3v) is 5.67. The molecule has 1 aromatic rings. The van der Waals surface area contributed by atoms with E-state index in [1.807, 2.05) is 11.0 Å². The lowest BCUT2D eigenvalue weighted by molar-refractivity contribution is -0.137. The molecule has 0 bridgehead atoms. The Morgan fingerprint density at radius 3 is 2.83 bits per heavy atom. The molecule has 1 saturated heterocycles. The van der Waals surface area contributed by atoms with Gasteiger partial charge >= 0.3 is 0 Å². The number of amides is 1. The van der Waals surface area contributed by atoms with E-state index in [-0.39, 0.29) is 23.2 Å². The number of nitrogens with zero attached hydrogens (tertiary/aromatic N) is 1. The fourth-order valence-corrected chi connectivity index (χ4v) is 4.19. The first-order valence-corrected chi connectivity index (χ1v) is 9.09. The molecule has 132 valence electrons. The van der Waals surface area contributed by atoms with Crippen LogP contribution in [-0.2, 0) is 4.79 Å². The van der Waals surface area contributed by atoms with E-state index in [0.717, 1.165) is 24.9 Å². The Hall–Kier alpha value is -1.46. The maximum absolute atomic E-state index is 13.6. The molecule has 1 aliphatic carbocycles. The van der Waals surface area contributed by atoms with Crippen LogP contribution in [0.4, 0.5) is 4.39 Å². The minimum absolute atomic E-state index is 0.0350. The summed E-state index contributed by atoms with van der Waals surface area (Å²) < 4.78 is 13.6. The largest absolute Gasteiger partial charge is 0.333 e. The van der Waals surface area contributed by atoms with Gasteiger partial charge in [0.15, 0.2) is 0 Å². The highest BCUT2D eigenvalue weighted by molar-refractivity contribution is 5.77. The van der Waals surface area contributed by atoms with Crippen molar-refractivity contribution in [2.75, 3.05) is 26.2 Å². The van der Waals surface area contributed by atoms with Gasteiger partial charge in [0.2, 0.25) is 5.91 Å². The van der Waals surface area contributed by atoms with Crippen LogP contribution >= 0.6 is 0 Å². The Morgan fingerprint density at radius 1 is 1.33 bits per heavy atom. The topological polar surface area (TPSA) is 58.4 Å². The van der Waals surface area contributed by atoms with E-state index < -0.39 is 0 Å². The van der Waals surface area contributed by atoms with Gasteiger partial charge in [0.25, 0.3) is 0 Å². The van der Waals surface area contributed by atoms with Crippen molar-refractivity contribution in [3.05, 3.63) is 35.6 Å². The first kappa shape index (κ1) is 17.4. The lowest BCUT2D eigenvalue weighted by Crippen LogP contribution is -2.50. The third-order valence-electron chi connectivity index (χ3n) is 5.67. The van der Waals surface area contributed by atoms with Gasteiger partial charge in [0.05, 0.1) is 6.04 Å². The van der Waals surface area contributed by atoms with E-state index in [9.17, 15) is 9.18 Å². The zero-order chi connectivity index (χ0) is 17.0. The minimum Gasteiger partial charge on any atom is -0.333 e. The lowest BCUT2D eigenvalue weighted by atomic mass is 9.71. The van der Waals surface area contributed by atoms with Gasteiger partial charge in [-0.3, -0.25) is 4.79 Å². The van der Waals surface area contributed by atoms with Crippen LogP contribution in [0.5, 0.6) is 0 Å². The standard InChI is InChI=1S/C19H28FN3O/c20-16-6-4-5-15(11-16)17-13-22-9-10-23(17)18(24)12-19(14-21)7-2-1-3-8-19/h4-6,11,17,22H,1-3,7-10,12-14,21H2. The summed E-state index contributed by atoms with van der Waals surface area (Å²) in [6.45, 7) is 2.70. The van der Waals surface area contributed by atoms with Crippen LogP contribution in [0.2, 0.25) is 0 Å². The second kappa shape index (κ2) is 7.62. The number of rotatable bonds is 4. The maximum Gasteiger partial charge on any atom is 0.223 e. The van der Waals surface area contributed by atoms with Crippen molar-refractivity contribution in [2.24, 2.45) is 11.1 Å². The van der Waals surface area contributed by atoms with Crippen LogP contribution in [0.1, 0.15) is 50.1 Å². The molecule has 2 fully saturated rings. The van der Waals surface area contributed by atoms with Crippen molar-refractivity contribution < 1.29 is 9.18 Å². The van der Waals surface area contributed by atoms with Gasteiger partial charge < -0.3 is 16.0 Å². The Balaban J connectivity index is 1.76. The minimum atomic E-state index is -0.254. The predicted octanol–water partition coefficient (Wildman–Crippen LogP) is 2.60. The molecular formula is C19H28FN3O. The van der Waals surface area contributed by atoms with Crippen molar-refractivity contribution in [1.82, 2.24) is 10.2 Å². The average molecular weight is 333 g/mol. The molecule has 0 aromatic heterocycles. The zero-order valence-electron chi connectivity index (χ0n) is 14.3. The van der Waals surface area contributed by atoms with Gasteiger partial charge in [0, 0.05) is 26.1 Å². The molecule has 3 rings (SSSR count). The molecule has 1 heterocycles. The number of carbonyl (C=O) groups excluding carboxylic acids is 1. The summed E-state index contributed by atoms with van der Waals surface area (Å²) in [5, 5.41) is 3.32. The first-order valence-electron chi connectivity index (χ1n) is 9.09. The van der Waals surface area contributed by atoms with Gasteiger partial charge in [-0.1, -0.05) is 31.4 Å². The number of carbonyl (C=O) groups is 1. The van der Waals surface area contributed by atoms with E-state index in [2.05, 4.69) is 5.32 Å². The highest BCUT2D eigenvalue weighted by atomic mass is 19.1. The number of hydrogen-bond donors (Lipinski definition) is 2. The highest BCUT2D eigenvalue weighted by Crippen LogP contribution is 2.39. The number of piperazine rings is 1. The van der Waals surface area contributed by atoms with Gasteiger partial charge in [0.1, 0.15) is 5.82 Å². The van der Waals surface area contributed by atoms with Crippen molar-refractivity contribution in [3.63, 3.8) is 0 Å². The van der Waals surface area contributed by atoms with Gasteiger partial charge in [-0.15, -0.1) is 0 Å². The molecule has 0 spiro atoms. The third kappa shape index (κ3) is 3.78. The van der Waals surface area contributed by atoms with E-state index in [1.165, 1.54) is 31.4 Å². The summed E-state index contributed by atoms with van der Waals surface area (Å²) in [5.41, 5.74) is 6.88. The molecule has 1 aliphatic heterocycles. The molecule has 2 aliphatic rings. The Bertz CT molecular complexity index is 571. The van der Waals surface area contributed by atoms with Gasteiger partial charge in [-0.25, -0.2) is 4.39 Å². The summed E-state index contributed by atoms with van der Waals surface area (Å²) in [4.78, 5) is 15.0. The van der Waals surface area contributed by atoms with E-state index in [0.29, 0.717) is 26.1 Å². The Morgan fingerprint density at radius 2 is 2.12 bits per heavy atom.